The Morgan fingerprint density at radius 3 is 2.60 bits per heavy atom. The van der Waals surface area contributed by atoms with Crippen LogP contribution in [0.25, 0.3) is 22.3 Å². The summed E-state index contributed by atoms with van der Waals surface area (Å²) in [6.45, 7) is 10.2. The molecule has 4 aromatic rings. The first kappa shape index (κ1) is 33.7. The molecule has 8 heteroatoms. The molecule has 2 aliphatic rings. The van der Waals surface area contributed by atoms with Gasteiger partial charge in [0.05, 0.1) is 30.3 Å². The standard InChI is InChI=1S/C40H51N5O3/c1-29(26-40(39(46)47-3)20-8-9-21-40)48-24-19-31-11-7-10-22-45(23-18-31)27-32-14-16-34(17-15-32)36-25-35-37(41-28-42-38(35)44-36)43-30(2)33-12-5-4-6-13-33/h4-6,12-17,25,28,30-31H,1,7-11,18-24,26-27H2,2-3H3,(H2,41,42,43,44)/t30-,31?/m1/s1. The predicted molar refractivity (Wildman–Crippen MR) is 192 cm³/mol. The van der Waals surface area contributed by atoms with Crippen molar-refractivity contribution in [1.29, 1.82) is 0 Å². The fourth-order valence-electron chi connectivity index (χ4n) is 7.64. The van der Waals surface area contributed by atoms with Gasteiger partial charge in [0, 0.05) is 24.7 Å². The van der Waals surface area contributed by atoms with Crippen LogP contribution in [0.2, 0.25) is 0 Å². The Morgan fingerprint density at radius 1 is 1.04 bits per heavy atom. The second-order valence-electron chi connectivity index (χ2n) is 13.9. The quantitative estimate of drug-likeness (QED) is 0.110. The van der Waals surface area contributed by atoms with E-state index >= 15 is 0 Å². The normalized spacial score (nSPS) is 18.9. The van der Waals surface area contributed by atoms with Crippen LogP contribution in [0.4, 0.5) is 5.82 Å². The molecule has 254 valence electrons. The molecule has 1 aliphatic heterocycles. The monoisotopic (exact) mass is 649 g/mol. The van der Waals surface area contributed by atoms with Crippen molar-refractivity contribution in [2.75, 3.05) is 32.1 Å². The molecule has 8 nitrogen and oxygen atoms in total. The van der Waals surface area contributed by atoms with Crippen molar-refractivity contribution in [2.24, 2.45) is 11.3 Å². The number of aromatic amines is 1. The highest BCUT2D eigenvalue weighted by Gasteiger charge is 2.43. The van der Waals surface area contributed by atoms with Gasteiger partial charge >= 0.3 is 5.97 Å². The van der Waals surface area contributed by atoms with Crippen LogP contribution in [0.3, 0.4) is 0 Å². The Hall–Kier alpha value is -4.17. The lowest BCUT2D eigenvalue weighted by Crippen LogP contribution is -2.30. The Kier molecular flexibility index (Phi) is 11.1. The molecule has 1 unspecified atom stereocenters. The zero-order valence-electron chi connectivity index (χ0n) is 28.7. The largest absolute Gasteiger partial charge is 0.499 e. The van der Waals surface area contributed by atoms with Crippen LogP contribution in [0, 0.1) is 11.3 Å². The maximum atomic E-state index is 12.5. The van der Waals surface area contributed by atoms with Gasteiger partial charge in [-0.3, -0.25) is 9.69 Å². The molecule has 3 heterocycles. The molecule has 48 heavy (non-hydrogen) atoms. The van der Waals surface area contributed by atoms with Crippen LogP contribution >= 0.6 is 0 Å². The van der Waals surface area contributed by atoms with Crippen molar-refractivity contribution in [1.82, 2.24) is 19.9 Å². The highest BCUT2D eigenvalue weighted by Crippen LogP contribution is 2.44. The van der Waals surface area contributed by atoms with Crippen LogP contribution < -0.4 is 5.32 Å². The fourth-order valence-corrected chi connectivity index (χ4v) is 7.64. The summed E-state index contributed by atoms with van der Waals surface area (Å²) in [5, 5.41) is 4.56. The summed E-state index contributed by atoms with van der Waals surface area (Å²) in [6, 6.07) is 21.6. The number of allylic oxidation sites excluding steroid dienone is 1. The van der Waals surface area contributed by atoms with E-state index in [0.717, 1.165) is 85.6 Å². The molecule has 0 bridgehead atoms. The third-order valence-electron chi connectivity index (χ3n) is 10.5. The van der Waals surface area contributed by atoms with Crippen molar-refractivity contribution in [2.45, 2.75) is 83.7 Å². The molecule has 2 aromatic heterocycles. The average molecular weight is 650 g/mol. The van der Waals surface area contributed by atoms with Gasteiger partial charge < -0.3 is 19.8 Å². The summed E-state index contributed by atoms with van der Waals surface area (Å²) in [4.78, 5) is 27.7. The van der Waals surface area contributed by atoms with E-state index in [2.05, 4.69) is 93.3 Å². The molecule has 0 spiro atoms. The number of methoxy groups -OCH3 is 1. The van der Waals surface area contributed by atoms with Gasteiger partial charge in [0.1, 0.15) is 17.8 Å². The Bertz CT molecular complexity index is 1640. The van der Waals surface area contributed by atoms with E-state index in [1.165, 1.54) is 43.9 Å². The summed E-state index contributed by atoms with van der Waals surface area (Å²) in [5.41, 5.74) is 5.12. The van der Waals surface area contributed by atoms with Crippen molar-refractivity contribution in [3.8, 4) is 11.3 Å². The maximum absolute atomic E-state index is 12.5. The van der Waals surface area contributed by atoms with Gasteiger partial charge in [-0.05, 0) is 80.8 Å². The van der Waals surface area contributed by atoms with Crippen molar-refractivity contribution in [3.63, 3.8) is 0 Å². The fraction of sp³-hybridized carbons (Fsp3) is 0.475. The van der Waals surface area contributed by atoms with Crippen molar-refractivity contribution < 1.29 is 14.3 Å². The summed E-state index contributed by atoms with van der Waals surface area (Å²) in [5.74, 6) is 2.10. The summed E-state index contributed by atoms with van der Waals surface area (Å²) in [6.07, 6.45) is 12.0. The molecule has 1 saturated heterocycles. The Morgan fingerprint density at radius 2 is 1.83 bits per heavy atom. The molecule has 2 aromatic carbocycles. The third kappa shape index (κ3) is 8.27. The smallest absolute Gasteiger partial charge is 0.312 e. The number of hydrogen-bond acceptors (Lipinski definition) is 7. The van der Waals surface area contributed by atoms with Gasteiger partial charge in [0.25, 0.3) is 0 Å². The van der Waals surface area contributed by atoms with E-state index in [1.807, 2.05) is 6.07 Å². The molecule has 2 atom stereocenters. The van der Waals surface area contributed by atoms with E-state index in [1.54, 1.807) is 6.33 Å². The number of benzene rings is 2. The Labute approximate surface area is 285 Å². The summed E-state index contributed by atoms with van der Waals surface area (Å²) < 4.78 is 11.2. The van der Waals surface area contributed by atoms with Crippen LogP contribution in [0.5, 0.6) is 0 Å². The number of carbonyl (C=O) groups is 1. The number of H-pyrrole nitrogens is 1. The van der Waals surface area contributed by atoms with Crippen molar-refractivity contribution in [3.05, 3.63) is 90.5 Å². The van der Waals surface area contributed by atoms with E-state index in [4.69, 9.17) is 9.47 Å². The minimum atomic E-state index is -0.433. The molecular formula is C40H51N5O3. The lowest BCUT2D eigenvalue weighted by molar-refractivity contribution is -0.153. The highest BCUT2D eigenvalue weighted by atomic mass is 16.5. The number of anilines is 1. The minimum absolute atomic E-state index is 0.108. The number of rotatable bonds is 13. The lowest BCUT2D eigenvalue weighted by Gasteiger charge is -2.29. The number of nitrogens with zero attached hydrogens (tertiary/aromatic N) is 3. The van der Waals surface area contributed by atoms with Crippen molar-refractivity contribution >= 4 is 22.8 Å². The van der Waals surface area contributed by atoms with Gasteiger partial charge in [0.2, 0.25) is 0 Å². The molecule has 2 N–H and O–H groups in total. The number of fused-ring (bicyclic) bond motifs is 1. The molecule has 1 aliphatic carbocycles. The van der Waals surface area contributed by atoms with E-state index in [0.29, 0.717) is 18.9 Å². The zero-order chi connectivity index (χ0) is 33.3. The number of nitrogens with one attached hydrogen (secondary N) is 2. The van der Waals surface area contributed by atoms with Gasteiger partial charge in [0.15, 0.2) is 0 Å². The van der Waals surface area contributed by atoms with Gasteiger partial charge in [-0.1, -0.05) is 86.9 Å². The molecule has 0 radical (unpaired) electrons. The predicted octanol–water partition coefficient (Wildman–Crippen LogP) is 8.83. The maximum Gasteiger partial charge on any atom is 0.312 e. The number of hydrogen-bond donors (Lipinski definition) is 2. The molecule has 2 fully saturated rings. The molecular weight excluding hydrogens is 598 g/mol. The second kappa shape index (κ2) is 15.8. The average Bonchev–Trinajstić information content (AvgIpc) is 3.76. The minimum Gasteiger partial charge on any atom is -0.499 e. The van der Waals surface area contributed by atoms with Crippen LogP contribution in [0.1, 0.15) is 88.3 Å². The molecule has 0 amide bonds. The zero-order valence-corrected chi connectivity index (χ0v) is 28.7. The topological polar surface area (TPSA) is 92.4 Å². The van der Waals surface area contributed by atoms with Gasteiger partial charge in [-0.25, -0.2) is 9.97 Å². The summed E-state index contributed by atoms with van der Waals surface area (Å²) in [7, 11) is 1.49. The van der Waals surface area contributed by atoms with Crippen LogP contribution in [-0.4, -0.2) is 52.6 Å². The first-order valence-corrected chi connectivity index (χ1v) is 17.8. The first-order chi connectivity index (χ1) is 23.4. The summed E-state index contributed by atoms with van der Waals surface area (Å²) >= 11 is 0. The van der Waals surface area contributed by atoms with Crippen LogP contribution in [-0.2, 0) is 20.8 Å². The number of likely N-dealkylation sites (tertiary alicyclic amines) is 1. The van der Waals surface area contributed by atoms with Gasteiger partial charge in [-0.2, -0.15) is 0 Å². The Balaban J connectivity index is 0.997. The number of carbonyl (C=O) groups excluding carboxylic acids is 1. The lowest BCUT2D eigenvalue weighted by atomic mass is 9.82. The second-order valence-corrected chi connectivity index (χ2v) is 13.9. The number of esters is 1. The van der Waals surface area contributed by atoms with E-state index in [-0.39, 0.29) is 12.0 Å². The van der Waals surface area contributed by atoms with Gasteiger partial charge in [-0.15, -0.1) is 0 Å². The molecule has 6 rings (SSSR count). The third-order valence-corrected chi connectivity index (χ3v) is 10.5. The first-order valence-electron chi connectivity index (χ1n) is 17.8. The number of ether oxygens (including phenoxy) is 2. The van der Waals surface area contributed by atoms with E-state index in [9.17, 15) is 4.79 Å². The van der Waals surface area contributed by atoms with Crippen LogP contribution in [0.15, 0.2) is 79.3 Å². The highest BCUT2D eigenvalue weighted by molar-refractivity contribution is 5.91. The molecule has 1 saturated carbocycles. The van der Waals surface area contributed by atoms with E-state index < -0.39 is 5.41 Å². The SMILES string of the molecule is C=C(CC1(C(=O)OC)CCCC1)OCCC1CCCCN(Cc2ccc(-c3cc4c(N[C@H](C)c5ccccc5)ncnc4[nH]3)cc2)CC1. The number of aromatic nitrogens is 3.